The van der Waals surface area contributed by atoms with Crippen molar-refractivity contribution in [2.75, 3.05) is 0 Å². The molecule has 0 unspecified atom stereocenters. The number of hydrogen-bond acceptors (Lipinski definition) is 2. The summed E-state index contributed by atoms with van der Waals surface area (Å²) in [4.78, 5) is 23.3. The van der Waals surface area contributed by atoms with Gasteiger partial charge in [-0.3, -0.25) is 4.79 Å². The fourth-order valence-corrected chi connectivity index (χ4v) is 2.28. The second-order valence-corrected chi connectivity index (χ2v) is 5.25. The maximum Gasteiger partial charge on any atom is 0.326 e. The minimum atomic E-state index is -1.09. The average Bonchev–Trinajstić information content (AvgIpc) is 2.54. The summed E-state index contributed by atoms with van der Waals surface area (Å²) < 4.78 is 13.1. The predicted molar refractivity (Wildman–Crippen MR) is 84.7 cm³/mol. The standard InChI is InChI=1S/C18H18FNO3/c19-15-10-5-9-14(12-15)17(21)20-16(18(22)23)11-4-8-13-6-2-1-3-7-13/h1-3,5-7,9-10,12,16H,4,8,11H2,(H,20,21)(H,22,23)/t16-/m1/s1. The van der Waals surface area contributed by atoms with Crippen LogP contribution in [-0.2, 0) is 11.2 Å². The van der Waals surface area contributed by atoms with Crippen LogP contribution in [-0.4, -0.2) is 23.0 Å². The van der Waals surface area contributed by atoms with Crippen molar-refractivity contribution in [3.63, 3.8) is 0 Å². The maximum absolute atomic E-state index is 13.1. The molecular weight excluding hydrogens is 297 g/mol. The summed E-state index contributed by atoms with van der Waals surface area (Å²) in [6.45, 7) is 0. The monoisotopic (exact) mass is 315 g/mol. The van der Waals surface area contributed by atoms with E-state index in [1.54, 1.807) is 0 Å². The Kier molecular flexibility index (Phi) is 5.86. The molecule has 0 radical (unpaired) electrons. The molecule has 0 heterocycles. The number of amides is 1. The minimum Gasteiger partial charge on any atom is -0.480 e. The van der Waals surface area contributed by atoms with E-state index in [0.717, 1.165) is 18.1 Å². The van der Waals surface area contributed by atoms with Crippen molar-refractivity contribution >= 4 is 11.9 Å². The molecule has 0 aliphatic heterocycles. The number of carbonyl (C=O) groups excluding carboxylic acids is 1. The summed E-state index contributed by atoms with van der Waals surface area (Å²) in [6.07, 6.45) is 1.68. The van der Waals surface area contributed by atoms with Crippen molar-refractivity contribution in [1.29, 1.82) is 0 Å². The van der Waals surface area contributed by atoms with Crippen LogP contribution >= 0.6 is 0 Å². The quantitative estimate of drug-likeness (QED) is 0.825. The van der Waals surface area contributed by atoms with E-state index in [1.807, 2.05) is 30.3 Å². The van der Waals surface area contributed by atoms with Crippen LogP contribution in [0.5, 0.6) is 0 Å². The molecule has 1 amide bonds. The number of benzene rings is 2. The zero-order valence-electron chi connectivity index (χ0n) is 12.5. The molecule has 0 aliphatic carbocycles. The van der Waals surface area contributed by atoms with E-state index in [0.29, 0.717) is 12.8 Å². The summed E-state index contributed by atoms with van der Waals surface area (Å²) in [6, 6.07) is 13.9. The summed E-state index contributed by atoms with van der Waals surface area (Å²) in [5, 5.41) is 11.7. The third-order valence-electron chi connectivity index (χ3n) is 3.49. The van der Waals surface area contributed by atoms with Crippen LogP contribution in [0.4, 0.5) is 4.39 Å². The molecule has 1 atom stereocenters. The number of carboxylic acid groups (broad SMARTS) is 1. The molecule has 2 aromatic carbocycles. The van der Waals surface area contributed by atoms with E-state index >= 15 is 0 Å². The van der Waals surface area contributed by atoms with Gasteiger partial charge in [-0.05, 0) is 43.0 Å². The van der Waals surface area contributed by atoms with Gasteiger partial charge in [0, 0.05) is 5.56 Å². The Bertz CT molecular complexity index is 673. The van der Waals surface area contributed by atoms with Gasteiger partial charge in [-0.1, -0.05) is 36.4 Å². The van der Waals surface area contributed by atoms with Gasteiger partial charge in [-0.15, -0.1) is 0 Å². The molecule has 0 spiro atoms. The van der Waals surface area contributed by atoms with E-state index in [2.05, 4.69) is 5.32 Å². The van der Waals surface area contributed by atoms with E-state index < -0.39 is 23.7 Å². The number of rotatable bonds is 7. The van der Waals surface area contributed by atoms with Gasteiger partial charge in [0.2, 0.25) is 0 Å². The van der Waals surface area contributed by atoms with Crippen molar-refractivity contribution in [2.24, 2.45) is 0 Å². The Morgan fingerprint density at radius 2 is 1.83 bits per heavy atom. The van der Waals surface area contributed by atoms with Crippen LogP contribution in [0.1, 0.15) is 28.8 Å². The van der Waals surface area contributed by atoms with Crippen molar-refractivity contribution in [3.8, 4) is 0 Å². The molecule has 4 nitrogen and oxygen atoms in total. The second kappa shape index (κ2) is 8.08. The molecule has 2 N–H and O–H groups in total. The van der Waals surface area contributed by atoms with Gasteiger partial charge < -0.3 is 10.4 Å². The second-order valence-electron chi connectivity index (χ2n) is 5.25. The van der Waals surface area contributed by atoms with Gasteiger partial charge >= 0.3 is 5.97 Å². The first-order valence-corrected chi connectivity index (χ1v) is 7.39. The highest BCUT2D eigenvalue weighted by Crippen LogP contribution is 2.09. The van der Waals surface area contributed by atoms with Crippen LogP contribution in [0.2, 0.25) is 0 Å². The fourth-order valence-electron chi connectivity index (χ4n) is 2.28. The molecule has 0 saturated heterocycles. The Morgan fingerprint density at radius 1 is 1.09 bits per heavy atom. The minimum absolute atomic E-state index is 0.110. The predicted octanol–water partition coefficient (Wildman–Crippen LogP) is 3.03. The molecule has 5 heteroatoms. The number of hydrogen-bond donors (Lipinski definition) is 2. The summed E-state index contributed by atoms with van der Waals surface area (Å²) in [5.74, 6) is -2.21. The summed E-state index contributed by atoms with van der Waals surface area (Å²) >= 11 is 0. The average molecular weight is 315 g/mol. The highest BCUT2D eigenvalue weighted by Gasteiger charge is 2.20. The zero-order chi connectivity index (χ0) is 16.7. The van der Waals surface area contributed by atoms with Crippen molar-refractivity contribution in [1.82, 2.24) is 5.32 Å². The number of nitrogens with one attached hydrogen (secondary N) is 1. The van der Waals surface area contributed by atoms with E-state index in [1.165, 1.54) is 18.2 Å². The lowest BCUT2D eigenvalue weighted by Crippen LogP contribution is -2.40. The topological polar surface area (TPSA) is 66.4 Å². The molecule has 2 rings (SSSR count). The highest BCUT2D eigenvalue weighted by molar-refractivity contribution is 5.96. The normalized spacial score (nSPS) is 11.7. The molecule has 0 fully saturated rings. The SMILES string of the molecule is O=C(N[C@H](CCCc1ccccc1)C(=O)O)c1cccc(F)c1. The van der Waals surface area contributed by atoms with Gasteiger partial charge in [-0.2, -0.15) is 0 Å². The smallest absolute Gasteiger partial charge is 0.326 e. The highest BCUT2D eigenvalue weighted by atomic mass is 19.1. The zero-order valence-corrected chi connectivity index (χ0v) is 12.5. The summed E-state index contributed by atoms with van der Waals surface area (Å²) in [7, 11) is 0. The lowest BCUT2D eigenvalue weighted by Gasteiger charge is -2.14. The largest absolute Gasteiger partial charge is 0.480 e. The van der Waals surface area contributed by atoms with E-state index in [-0.39, 0.29) is 5.56 Å². The lowest BCUT2D eigenvalue weighted by atomic mass is 10.0. The van der Waals surface area contributed by atoms with Gasteiger partial charge in [0.15, 0.2) is 0 Å². The lowest BCUT2D eigenvalue weighted by molar-refractivity contribution is -0.139. The number of carbonyl (C=O) groups is 2. The van der Waals surface area contributed by atoms with Crippen LogP contribution in [0, 0.1) is 5.82 Å². The Morgan fingerprint density at radius 3 is 2.48 bits per heavy atom. The van der Waals surface area contributed by atoms with E-state index in [4.69, 9.17) is 0 Å². The third-order valence-corrected chi connectivity index (χ3v) is 3.49. The molecule has 120 valence electrons. The third kappa shape index (κ3) is 5.21. The number of aryl methyl sites for hydroxylation is 1. The number of aliphatic carboxylic acids is 1. The summed E-state index contributed by atoms with van der Waals surface area (Å²) in [5.41, 5.74) is 1.23. The molecule has 0 bridgehead atoms. The number of halogens is 1. The maximum atomic E-state index is 13.1. The molecule has 2 aromatic rings. The molecule has 0 saturated carbocycles. The van der Waals surface area contributed by atoms with Crippen molar-refractivity contribution in [3.05, 3.63) is 71.5 Å². The first-order valence-electron chi connectivity index (χ1n) is 7.39. The molecular formula is C18H18FNO3. The number of carboxylic acids is 1. The van der Waals surface area contributed by atoms with E-state index in [9.17, 15) is 19.1 Å². The van der Waals surface area contributed by atoms with Crippen molar-refractivity contribution in [2.45, 2.75) is 25.3 Å². The molecule has 0 aliphatic rings. The van der Waals surface area contributed by atoms with Crippen molar-refractivity contribution < 1.29 is 19.1 Å². The van der Waals surface area contributed by atoms with Gasteiger partial charge in [0.1, 0.15) is 11.9 Å². The Labute approximate surface area is 134 Å². The van der Waals surface area contributed by atoms with Crippen LogP contribution in [0.15, 0.2) is 54.6 Å². The molecule has 0 aromatic heterocycles. The first-order chi connectivity index (χ1) is 11.1. The Hall–Kier alpha value is -2.69. The Balaban J connectivity index is 1.91. The fraction of sp³-hybridized carbons (Fsp3) is 0.222. The molecule has 23 heavy (non-hydrogen) atoms. The van der Waals surface area contributed by atoms with Crippen LogP contribution < -0.4 is 5.32 Å². The van der Waals surface area contributed by atoms with Crippen LogP contribution in [0.3, 0.4) is 0 Å². The first kappa shape index (κ1) is 16.7. The van der Waals surface area contributed by atoms with Gasteiger partial charge in [0.25, 0.3) is 5.91 Å². The van der Waals surface area contributed by atoms with Crippen LogP contribution in [0.25, 0.3) is 0 Å². The van der Waals surface area contributed by atoms with Gasteiger partial charge in [-0.25, -0.2) is 9.18 Å². The van der Waals surface area contributed by atoms with Gasteiger partial charge in [0.05, 0.1) is 0 Å².